The predicted molar refractivity (Wildman–Crippen MR) is 172 cm³/mol. The second-order valence-electron chi connectivity index (χ2n) is 11.2. The molecule has 0 spiro atoms. The predicted octanol–water partition coefficient (Wildman–Crippen LogP) is 5.39. The van der Waals surface area contributed by atoms with Gasteiger partial charge in [0.15, 0.2) is 0 Å². The molecule has 5 aromatic rings. The maximum absolute atomic E-state index is 12.1. The van der Waals surface area contributed by atoms with Gasteiger partial charge in [-0.05, 0) is 61.1 Å². The fourth-order valence-corrected chi connectivity index (χ4v) is 4.92. The van der Waals surface area contributed by atoms with Gasteiger partial charge < -0.3 is 25.0 Å². The highest BCUT2D eigenvalue weighted by Crippen LogP contribution is 2.37. The molecule has 0 saturated heterocycles. The van der Waals surface area contributed by atoms with Gasteiger partial charge >= 0.3 is 6.03 Å². The normalized spacial score (nSPS) is 11.2. The quantitative estimate of drug-likeness (QED) is 0.244. The number of carbonyl (C=O) groups excluding carboxylic acids is 2. The molecular weight excluding hydrogens is 540 g/mol. The molecule has 0 radical (unpaired) electrons. The summed E-state index contributed by atoms with van der Waals surface area (Å²) in [5.41, 5.74) is 8.49. The molecule has 0 aliphatic heterocycles. The van der Waals surface area contributed by atoms with Crippen molar-refractivity contribution in [2.45, 2.75) is 20.0 Å². The van der Waals surface area contributed by atoms with Crippen molar-refractivity contribution >= 4 is 28.7 Å². The van der Waals surface area contributed by atoms with E-state index in [0.29, 0.717) is 18.8 Å². The molecule has 0 aliphatic carbocycles. The number of hydrogen-bond donors (Lipinski definition) is 2. The maximum atomic E-state index is 12.1. The van der Waals surface area contributed by atoms with E-state index in [4.69, 9.17) is 5.10 Å². The number of amides is 3. The molecule has 2 N–H and O–H groups in total. The molecule has 5 rings (SSSR count). The molecule has 10 heteroatoms. The van der Waals surface area contributed by atoms with E-state index in [9.17, 15) is 9.59 Å². The Morgan fingerprint density at radius 2 is 1.70 bits per heavy atom. The Hall–Kier alpha value is -4.96. The van der Waals surface area contributed by atoms with E-state index < -0.39 is 0 Å². The number of rotatable bonds is 9. The van der Waals surface area contributed by atoms with Crippen LogP contribution in [0.2, 0.25) is 0 Å². The number of hydrogen-bond acceptors (Lipinski definition) is 5. The molecule has 222 valence electrons. The van der Waals surface area contributed by atoms with Crippen molar-refractivity contribution in [1.29, 1.82) is 0 Å². The van der Waals surface area contributed by atoms with Crippen molar-refractivity contribution in [2.24, 2.45) is 0 Å². The van der Waals surface area contributed by atoms with E-state index in [1.165, 1.54) is 10.5 Å². The van der Waals surface area contributed by atoms with E-state index in [1.54, 1.807) is 33.0 Å². The number of benzene rings is 2. The van der Waals surface area contributed by atoms with Crippen molar-refractivity contribution in [3.8, 4) is 33.6 Å². The minimum atomic E-state index is -0.193. The van der Waals surface area contributed by atoms with Crippen LogP contribution >= 0.6 is 0 Å². The van der Waals surface area contributed by atoms with Crippen LogP contribution in [0.4, 0.5) is 10.5 Å². The minimum absolute atomic E-state index is 0.00769. The average Bonchev–Trinajstić information content (AvgIpc) is 3.61. The van der Waals surface area contributed by atoms with Gasteiger partial charge in [-0.15, -0.1) is 0 Å². The molecular formula is C33H38N8O2. The Balaban J connectivity index is 1.56. The van der Waals surface area contributed by atoms with Gasteiger partial charge in [0.25, 0.3) is 0 Å². The topological polar surface area (TPSA) is 102 Å². The van der Waals surface area contributed by atoms with Crippen molar-refractivity contribution < 1.29 is 9.59 Å². The first-order chi connectivity index (χ1) is 20.6. The van der Waals surface area contributed by atoms with Crippen LogP contribution in [0.15, 0.2) is 73.1 Å². The first-order valence-corrected chi connectivity index (χ1v) is 14.2. The van der Waals surface area contributed by atoms with E-state index in [1.807, 2.05) is 47.4 Å². The lowest BCUT2D eigenvalue weighted by molar-refractivity contribution is -0.127. The third kappa shape index (κ3) is 6.76. The lowest BCUT2D eigenvalue weighted by Gasteiger charge is -2.14. The fourth-order valence-electron chi connectivity index (χ4n) is 4.92. The minimum Gasteiger partial charge on any atom is -0.344 e. The molecule has 0 aliphatic rings. The zero-order valence-corrected chi connectivity index (χ0v) is 25.5. The van der Waals surface area contributed by atoms with Gasteiger partial charge in [0, 0.05) is 81.4 Å². The number of carbonyl (C=O) groups is 2. The van der Waals surface area contributed by atoms with E-state index in [-0.39, 0.29) is 11.9 Å². The van der Waals surface area contributed by atoms with Gasteiger partial charge in [0.05, 0.1) is 6.54 Å². The number of urea groups is 1. The Morgan fingerprint density at radius 3 is 2.40 bits per heavy atom. The van der Waals surface area contributed by atoms with Gasteiger partial charge in [0.1, 0.15) is 11.3 Å². The number of H-pyrrole nitrogens is 1. The Kier molecular flexibility index (Phi) is 8.58. The third-order valence-corrected chi connectivity index (χ3v) is 7.34. The Labute approximate surface area is 251 Å². The van der Waals surface area contributed by atoms with Crippen molar-refractivity contribution in [3.05, 3.63) is 78.6 Å². The second kappa shape index (κ2) is 12.5. The number of nitrogens with one attached hydrogen (secondary N) is 2. The molecule has 0 fully saturated rings. The largest absolute Gasteiger partial charge is 0.344 e. The molecule has 3 aromatic heterocycles. The number of aromatic amines is 1. The Morgan fingerprint density at radius 1 is 0.930 bits per heavy atom. The van der Waals surface area contributed by atoms with E-state index >= 15 is 0 Å². The zero-order valence-electron chi connectivity index (χ0n) is 25.5. The van der Waals surface area contributed by atoms with Crippen LogP contribution in [0.3, 0.4) is 0 Å². The summed E-state index contributed by atoms with van der Waals surface area (Å²) in [5.74, 6) is 0.00769. The smallest absolute Gasteiger partial charge is 0.321 e. The summed E-state index contributed by atoms with van der Waals surface area (Å²) in [6, 6.07) is 20.2. The van der Waals surface area contributed by atoms with Gasteiger partial charge in [-0.1, -0.05) is 30.3 Å². The summed E-state index contributed by atoms with van der Waals surface area (Å²) in [5, 5.41) is 8.84. The molecule has 43 heavy (non-hydrogen) atoms. The molecule has 0 saturated carbocycles. The number of anilines is 1. The molecule has 3 amide bonds. The summed E-state index contributed by atoms with van der Waals surface area (Å²) >= 11 is 0. The third-order valence-electron chi connectivity index (χ3n) is 7.34. The molecule has 3 heterocycles. The van der Waals surface area contributed by atoms with Crippen LogP contribution in [-0.2, 0) is 17.9 Å². The molecule has 10 nitrogen and oxygen atoms in total. The van der Waals surface area contributed by atoms with Crippen LogP contribution < -0.4 is 5.32 Å². The van der Waals surface area contributed by atoms with E-state index in [2.05, 4.69) is 64.6 Å². The van der Waals surface area contributed by atoms with Crippen molar-refractivity contribution in [2.75, 3.05) is 47.1 Å². The average molecular weight is 579 g/mol. The lowest BCUT2D eigenvalue weighted by Crippen LogP contribution is -2.27. The first-order valence-electron chi connectivity index (χ1n) is 14.2. The summed E-state index contributed by atoms with van der Waals surface area (Å²) in [6.45, 7) is 3.50. The van der Waals surface area contributed by atoms with Crippen molar-refractivity contribution in [3.63, 3.8) is 0 Å². The second-order valence-corrected chi connectivity index (χ2v) is 11.2. The summed E-state index contributed by atoms with van der Waals surface area (Å²) in [7, 11) is 9.32. The summed E-state index contributed by atoms with van der Waals surface area (Å²) in [6.07, 6.45) is 3.84. The standard InChI is InChI=1S/C33H38N8O2/c1-22(42)40(6)16-17-41-21-29(31(37-41)24-10-12-26(13-11-24)35-33(43)39(4)5)27-14-15-34-32-28(27)19-30(36-32)25-9-7-8-23(18-25)20-38(2)3/h7-15,18-19,21H,16-17,20H2,1-6H3,(H,34,36)(H,35,43). The van der Waals surface area contributed by atoms with Crippen molar-refractivity contribution in [1.82, 2.24) is 34.4 Å². The highest BCUT2D eigenvalue weighted by Gasteiger charge is 2.18. The zero-order chi connectivity index (χ0) is 30.7. The molecule has 2 aromatic carbocycles. The molecule has 0 unspecified atom stereocenters. The van der Waals surface area contributed by atoms with Crippen LogP contribution in [0, 0.1) is 0 Å². The van der Waals surface area contributed by atoms with Crippen LogP contribution in [-0.4, -0.2) is 88.2 Å². The molecule has 0 bridgehead atoms. The number of likely N-dealkylation sites (N-methyl/N-ethyl adjacent to an activating group) is 1. The Bertz CT molecular complexity index is 1750. The van der Waals surface area contributed by atoms with Gasteiger partial charge in [0.2, 0.25) is 5.91 Å². The number of pyridine rings is 1. The van der Waals surface area contributed by atoms with Crippen LogP contribution in [0.25, 0.3) is 44.7 Å². The SMILES string of the molecule is CC(=O)N(C)CCn1cc(-c2ccnc3[nH]c(-c4cccc(CN(C)C)c4)cc23)c(-c2ccc(NC(=O)N(C)C)cc2)n1. The van der Waals surface area contributed by atoms with Gasteiger partial charge in [-0.25, -0.2) is 9.78 Å². The summed E-state index contributed by atoms with van der Waals surface area (Å²) < 4.78 is 1.89. The first kappa shape index (κ1) is 29.5. The fraction of sp³-hybridized carbons (Fsp3) is 0.273. The monoisotopic (exact) mass is 578 g/mol. The van der Waals surface area contributed by atoms with E-state index in [0.717, 1.165) is 51.2 Å². The lowest BCUT2D eigenvalue weighted by atomic mass is 9.99. The maximum Gasteiger partial charge on any atom is 0.321 e. The van der Waals surface area contributed by atoms with Crippen LogP contribution in [0.1, 0.15) is 12.5 Å². The van der Waals surface area contributed by atoms with Crippen LogP contribution in [0.5, 0.6) is 0 Å². The number of fused-ring (bicyclic) bond motifs is 1. The highest BCUT2D eigenvalue weighted by molar-refractivity contribution is 5.99. The number of nitrogens with zero attached hydrogens (tertiary/aromatic N) is 6. The highest BCUT2D eigenvalue weighted by atomic mass is 16.2. The number of aromatic nitrogens is 4. The van der Waals surface area contributed by atoms with Gasteiger partial charge in [-0.2, -0.15) is 5.10 Å². The molecule has 0 atom stereocenters. The summed E-state index contributed by atoms with van der Waals surface area (Å²) in [4.78, 5) is 37.4. The van der Waals surface area contributed by atoms with Gasteiger partial charge in [-0.3, -0.25) is 9.48 Å².